The van der Waals surface area contributed by atoms with Gasteiger partial charge in [-0.2, -0.15) is 0 Å². The number of carboxylic acids is 3. The summed E-state index contributed by atoms with van der Waals surface area (Å²) in [7, 11) is 0. The third-order valence-corrected chi connectivity index (χ3v) is 2.59. The number of carbonyl (C=O) groups is 3. The third-order valence-electron chi connectivity index (χ3n) is 2.59. The highest BCUT2D eigenvalue weighted by Gasteiger charge is 2.16. The van der Waals surface area contributed by atoms with Crippen LogP contribution in [0, 0.1) is 6.92 Å². The zero-order valence-corrected chi connectivity index (χ0v) is 10.3. The van der Waals surface area contributed by atoms with Crippen LogP contribution in [0.2, 0.25) is 0 Å². The summed E-state index contributed by atoms with van der Waals surface area (Å²) in [5.41, 5.74) is 1.70. The highest BCUT2D eigenvalue weighted by atomic mass is 16.4. The zero-order chi connectivity index (χ0) is 14.6. The molecule has 3 N–H and O–H groups in total. The van der Waals surface area contributed by atoms with Gasteiger partial charge < -0.3 is 15.3 Å². The van der Waals surface area contributed by atoms with Crippen LogP contribution in [0.3, 0.4) is 0 Å². The summed E-state index contributed by atoms with van der Waals surface area (Å²) in [6.45, 7) is 1.71. The van der Waals surface area contributed by atoms with E-state index in [1.165, 1.54) is 0 Å². The lowest BCUT2D eigenvalue weighted by Crippen LogP contribution is -2.13. The number of rotatable bonds is 6. The molecule has 6 nitrogen and oxygen atoms in total. The van der Waals surface area contributed by atoms with Crippen molar-refractivity contribution in [3.05, 3.63) is 34.4 Å². The largest absolute Gasteiger partial charge is 0.481 e. The van der Waals surface area contributed by atoms with E-state index < -0.39 is 17.9 Å². The lowest BCUT2D eigenvalue weighted by atomic mass is 9.92. The number of hydrogen-bond donors (Lipinski definition) is 3. The predicted molar refractivity (Wildman–Crippen MR) is 65.2 cm³/mol. The van der Waals surface area contributed by atoms with Gasteiger partial charge in [0.15, 0.2) is 0 Å². The Morgan fingerprint density at radius 2 is 1.21 bits per heavy atom. The number of carboxylic acid groups (broad SMARTS) is 3. The minimum atomic E-state index is -1.12. The molecule has 0 radical (unpaired) electrons. The van der Waals surface area contributed by atoms with Crippen molar-refractivity contribution in [2.45, 2.75) is 26.2 Å². The summed E-state index contributed by atoms with van der Waals surface area (Å²) in [4.78, 5) is 32.4. The van der Waals surface area contributed by atoms with Crippen LogP contribution in [-0.2, 0) is 33.6 Å². The van der Waals surface area contributed by atoms with Crippen molar-refractivity contribution in [3.63, 3.8) is 0 Å². The molecular formula is C13H14O6. The van der Waals surface area contributed by atoms with Gasteiger partial charge in [-0.1, -0.05) is 17.7 Å². The van der Waals surface area contributed by atoms with E-state index in [1.54, 1.807) is 19.1 Å². The third kappa shape index (κ3) is 4.42. The van der Waals surface area contributed by atoms with Gasteiger partial charge in [0, 0.05) is 0 Å². The average molecular weight is 266 g/mol. The molecule has 0 aromatic heterocycles. The highest BCUT2D eigenvalue weighted by molar-refractivity contribution is 5.77. The molecular weight excluding hydrogens is 252 g/mol. The van der Waals surface area contributed by atoms with Crippen molar-refractivity contribution >= 4 is 17.9 Å². The molecule has 0 spiro atoms. The summed E-state index contributed by atoms with van der Waals surface area (Å²) in [6.07, 6.45) is -1.03. The first-order chi connectivity index (χ1) is 8.79. The molecule has 0 fully saturated rings. The van der Waals surface area contributed by atoms with E-state index in [0.29, 0.717) is 16.7 Å². The van der Waals surface area contributed by atoms with E-state index in [0.717, 1.165) is 0 Å². The summed E-state index contributed by atoms with van der Waals surface area (Å²) in [5, 5.41) is 26.5. The lowest BCUT2D eigenvalue weighted by molar-refractivity contribution is -0.137. The average Bonchev–Trinajstić information content (AvgIpc) is 2.20. The van der Waals surface area contributed by atoms with E-state index in [-0.39, 0.29) is 24.8 Å². The molecule has 0 aliphatic heterocycles. The number of aliphatic carboxylic acids is 3. The Bertz CT molecular complexity index is 495. The molecule has 1 rings (SSSR count). The van der Waals surface area contributed by atoms with Crippen molar-refractivity contribution in [1.82, 2.24) is 0 Å². The van der Waals surface area contributed by atoms with Crippen molar-refractivity contribution in [3.8, 4) is 0 Å². The minimum Gasteiger partial charge on any atom is -0.481 e. The molecule has 1 aromatic carbocycles. The van der Waals surface area contributed by atoms with Crippen LogP contribution in [0.15, 0.2) is 12.1 Å². The van der Waals surface area contributed by atoms with Gasteiger partial charge >= 0.3 is 17.9 Å². The fraction of sp³-hybridized carbons (Fsp3) is 0.308. The molecule has 0 aliphatic carbocycles. The number of benzene rings is 1. The summed E-state index contributed by atoms with van der Waals surface area (Å²) >= 11 is 0. The van der Waals surface area contributed by atoms with Crippen LogP contribution >= 0.6 is 0 Å². The molecule has 0 aliphatic rings. The molecule has 0 saturated heterocycles. The van der Waals surface area contributed by atoms with Gasteiger partial charge in [-0.3, -0.25) is 14.4 Å². The van der Waals surface area contributed by atoms with E-state index in [9.17, 15) is 14.4 Å². The first-order valence-electron chi connectivity index (χ1n) is 5.56. The summed E-state index contributed by atoms with van der Waals surface area (Å²) < 4.78 is 0. The maximum absolute atomic E-state index is 10.8. The molecule has 0 atom stereocenters. The maximum atomic E-state index is 10.8. The standard InChI is InChI=1S/C13H14O6/c1-7-2-8(4-11(14)15)10(6-13(18)19)9(3-7)5-12(16)17/h2-3H,4-6H2,1H3,(H,14,15)(H,16,17)(H,18,19). The van der Waals surface area contributed by atoms with Crippen LogP contribution in [-0.4, -0.2) is 33.2 Å². The van der Waals surface area contributed by atoms with Crippen LogP contribution in [0.1, 0.15) is 22.3 Å². The van der Waals surface area contributed by atoms with Gasteiger partial charge in [-0.15, -0.1) is 0 Å². The van der Waals surface area contributed by atoms with Gasteiger partial charge in [0.2, 0.25) is 0 Å². The summed E-state index contributed by atoms with van der Waals surface area (Å²) in [6, 6.07) is 3.16. The Hall–Kier alpha value is -2.37. The first-order valence-corrected chi connectivity index (χ1v) is 5.56. The van der Waals surface area contributed by atoms with Gasteiger partial charge in [0.25, 0.3) is 0 Å². The normalized spacial score (nSPS) is 10.2. The fourth-order valence-corrected chi connectivity index (χ4v) is 1.99. The van der Waals surface area contributed by atoms with E-state index in [4.69, 9.17) is 15.3 Å². The predicted octanol–water partition coefficient (Wildman–Crippen LogP) is 0.876. The second-order valence-corrected chi connectivity index (χ2v) is 4.27. The van der Waals surface area contributed by atoms with Crippen LogP contribution in [0.5, 0.6) is 0 Å². The Kier molecular flexibility index (Phi) is 4.63. The van der Waals surface area contributed by atoms with E-state index >= 15 is 0 Å². The Balaban J connectivity index is 3.33. The zero-order valence-electron chi connectivity index (χ0n) is 10.3. The smallest absolute Gasteiger partial charge is 0.307 e. The molecule has 0 unspecified atom stereocenters. The molecule has 0 bridgehead atoms. The van der Waals surface area contributed by atoms with E-state index in [2.05, 4.69) is 0 Å². The highest BCUT2D eigenvalue weighted by Crippen LogP contribution is 2.20. The van der Waals surface area contributed by atoms with Gasteiger partial charge in [0.05, 0.1) is 19.3 Å². The Labute approximate surface area is 109 Å². The second kappa shape index (κ2) is 5.99. The lowest BCUT2D eigenvalue weighted by Gasteiger charge is -2.13. The van der Waals surface area contributed by atoms with E-state index in [1.807, 2.05) is 0 Å². The quantitative estimate of drug-likeness (QED) is 0.704. The van der Waals surface area contributed by atoms with Gasteiger partial charge in [-0.05, 0) is 23.6 Å². The number of hydrogen-bond acceptors (Lipinski definition) is 3. The van der Waals surface area contributed by atoms with Crippen molar-refractivity contribution in [1.29, 1.82) is 0 Å². The first kappa shape index (κ1) is 14.7. The molecule has 0 heterocycles. The topological polar surface area (TPSA) is 112 Å². The maximum Gasteiger partial charge on any atom is 0.307 e. The number of aryl methyl sites for hydroxylation is 1. The monoisotopic (exact) mass is 266 g/mol. The second-order valence-electron chi connectivity index (χ2n) is 4.27. The van der Waals surface area contributed by atoms with Crippen LogP contribution < -0.4 is 0 Å². The van der Waals surface area contributed by atoms with Crippen LogP contribution in [0.4, 0.5) is 0 Å². The van der Waals surface area contributed by atoms with Gasteiger partial charge in [0.1, 0.15) is 0 Å². The van der Waals surface area contributed by atoms with Crippen molar-refractivity contribution in [2.75, 3.05) is 0 Å². The molecule has 0 amide bonds. The Morgan fingerprint density at radius 1 is 0.842 bits per heavy atom. The minimum absolute atomic E-state index is 0.280. The van der Waals surface area contributed by atoms with Crippen molar-refractivity contribution in [2.24, 2.45) is 0 Å². The molecule has 1 aromatic rings. The molecule has 19 heavy (non-hydrogen) atoms. The summed E-state index contributed by atoms with van der Waals surface area (Å²) in [5.74, 6) is -3.29. The van der Waals surface area contributed by atoms with Gasteiger partial charge in [-0.25, -0.2) is 0 Å². The molecule has 102 valence electrons. The van der Waals surface area contributed by atoms with Crippen LogP contribution in [0.25, 0.3) is 0 Å². The molecule has 6 heteroatoms. The van der Waals surface area contributed by atoms with Crippen molar-refractivity contribution < 1.29 is 29.7 Å². The fourth-order valence-electron chi connectivity index (χ4n) is 1.99. The SMILES string of the molecule is Cc1cc(CC(=O)O)c(CC(=O)O)c(CC(=O)O)c1. The molecule has 0 saturated carbocycles. The Morgan fingerprint density at radius 3 is 1.53 bits per heavy atom.